The zero-order valence-electron chi connectivity index (χ0n) is 14.4. The van der Waals surface area contributed by atoms with Crippen molar-refractivity contribution in [3.05, 3.63) is 12.3 Å². The van der Waals surface area contributed by atoms with Crippen LogP contribution in [0.3, 0.4) is 0 Å². The molecular formula is C16H29NO8. The summed E-state index contributed by atoms with van der Waals surface area (Å²) < 4.78 is 0. The van der Waals surface area contributed by atoms with Crippen molar-refractivity contribution in [2.45, 2.75) is 76.3 Å². The van der Waals surface area contributed by atoms with Crippen LogP contribution in [0.15, 0.2) is 12.3 Å². The molecular weight excluding hydrogens is 334 g/mol. The van der Waals surface area contributed by atoms with E-state index in [1.54, 1.807) is 6.08 Å². The highest BCUT2D eigenvalue weighted by atomic mass is 16.7. The molecule has 0 aromatic carbocycles. The van der Waals surface area contributed by atoms with Crippen LogP contribution in [0.2, 0.25) is 0 Å². The number of allylic oxidation sites excluding steroid dienone is 1. The summed E-state index contributed by atoms with van der Waals surface area (Å²) in [6.07, 6.45) is 2.10. The third-order valence-corrected chi connectivity index (χ3v) is 3.59. The first kappa shape index (κ1) is 23.3. The summed E-state index contributed by atoms with van der Waals surface area (Å²) in [4.78, 5) is 26.3. The number of hydrogen-bond donors (Lipinski definition) is 6. The molecule has 146 valence electrons. The number of unbranched alkanes of at least 4 members (excludes halogenated alkanes) is 6. The zero-order chi connectivity index (χ0) is 19.2. The average molecular weight is 363 g/mol. The number of aliphatic hydroxyl groups excluding tert-OH is 3. The highest BCUT2D eigenvalue weighted by Crippen LogP contribution is 2.09. The summed E-state index contributed by atoms with van der Waals surface area (Å²) in [7, 11) is 0. The van der Waals surface area contributed by atoms with Gasteiger partial charge in [-0.1, -0.05) is 45.1 Å². The van der Waals surface area contributed by atoms with Crippen molar-refractivity contribution in [2.75, 3.05) is 0 Å². The molecule has 9 heteroatoms. The highest BCUT2D eigenvalue weighted by molar-refractivity contribution is 5.75. The Hall–Kier alpha value is -1.68. The summed E-state index contributed by atoms with van der Waals surface area (Å²) in [5.74, 6) is -3.41. The molecule has 0 aromatic rings. The number of carboxylic acid groups (broad SMARTS) is 2. The highest BCUT2D eigenvalue weighted by Gasteiger charge is 2.39. The Morgan fingerprint density at radius 3 is 2.12 bits per heavy atom. The molecule has 0 aromatic heterocycles. The third kappa shape index (κ3) is 10.0. The van der Waals surface area contributed by atoms with E-state index in [0.29, 0.717) is 0 Å². The predicted molar refractivity (Wildman–Crippen MR) is 88.4 cm³/mol. The van der Waals surface area contributed by atoms with E-state index in [1.807, 2.05) is 0 Å². The Bertz CT molecular complexity index is 415. The molecule has 9 nitrogen and oxygen atoms in total. The Morgan fingerprint density at radius 2 is 1.56 bits per heavy atom. The minimum atomic E-state index is -2.33. The number of hydroxylamine groups is 1. The normalized spacial score (nSPS) is 16.3. The SMILES string of the molecule is CCCCCCCC/C=C/NO[C@@H](C(=O)O)[C@@H](O)[C@H](O)[C@H](O)C(=O)O. The van der Waals surface area contributed by atoms with E-state index in [-0.39, 0.29) is 0 Å². The van der Waals surface area contributed by atoms with Crippen molar-refractivity contribution in [2.24, 2.45) is 0 Å². The minimum absolute atomic E-state index is 0.767. The molecule has 0 unspecified atom stereocenters. The fourth-order valence-electron chi connectivity index (χ4n) is 2.06. The van der Waals surface area contributed by atoms with Crippen LogP contribution in [0.4, 0.5) is 0 Å². The molecule has 0 saturated carbocycles. The number of carboxylic acids is 2. The Kier molecular flexibility index (Phi) is 12.7. The van der Waals surface area contributed by atoms with Crippen molar-refractivity contribution in [3.63, 3.8) is 0 Å². The van der Waals surface area contributed by atoms with E-state index >= 15 is 0 Å². The van der Waals surface area contributed by atoms with Crippen LogP contribution < -0.4 is 5.48 Å². The smallest absolute Gasteiger partial charge is 0.338 e. The first-order chi connectivity index (χ1) is 11.8. The molecule has 0 aliphatic carbocycles. The van der Waals surface area contributed by atoms with Crippen molar-refractivity contribution in [1.82, 2.24) is 5.48 Å². The van der Waals surface area contributed by atoms with Crippen molar-refractivity contribution in [1.29, 1.82) is 0 Å². The Balaban J connectivity index is 4.17. The van der Waals surface area contributed by atoms with Gasteiger partial charge in [0.05, 0.1) is 0 Å². The van der Waals surface area contributed by atoms with Gasteiger partial charge in [-0.15, -0.1) is 0 Å². The minimum Gasteiger partial charge on any atom is -0.479 e. The molecule has 0 aliphatic rings. The van der Waals surface area contributed by atoms with Crippen molar-refractivity contribution in [3.8, 4) is 0 Å². The molecule has 0 amide bonds. The monoisotopic (exact) mass is 363 g/mol. The molecule has 25 heavy (non-hydrogen) atoms. The van der Waals surface area contributed by atoms with Crippen LogP contribution in [0.5, 0.6) is 0 Å². The number of carbonyl (C=O) groups is 2. The number of nitrogens with one attached hydrogen (secondary N) is 1. The standard InChI is InChI=1S/C16H29NO8/c1-2-3-4-5-6-7-8-9-10-17-25-14(16(23)24)12(19)11(18)13(20)15(21)22/h9-14,17-20H,2-8H2,1H3,(H,21,22)(H,23,24)/b10-9+/t11-,12-,13-,14+/m0/s1. The molecule has 0 spiro atoms. The largest absolute Gasteiger partial charge is 0.479 e. The van der Waals surface area contributed by atoms with Gasteiger partial charge in [0.15, 0.2) is 6.10 Å². The van der Waals surface area contributed by atoms with Gasteiger partial charge >= 0.3 is 11.9 Å². The molecule has 0 saturated heterocycles. The van der Waals surface area contributed by atoms with Gasteiger partial charge in [-0.05, 0) is 12.8 Å². The second-order valence-electron chi connectivity index (χ2n) is 5.72. The average Bonchev–Trinajstić information content (AvgIpc) is 2.57. The predicted octanol–water partition coefficient (Wildman–Crippen LogP) is 0.392. The molecule has 0 bridgehead atoms. The first-order valence-corrected chi connectivity index (χ1v) is 8.38. The topological polar surface area (TPSA) is 157 Å². The first-order valence-electron chi connectivity index (χ1n) is 8.38. The van der Waals surface area contributed by atoms with Gasteiger partial charge in [0.25, 0.3) is 0 Å². The van der Waals surface area contributed by atoms with Crippen molar-refractivity contribution >= 4 is 11.9 Å². The van der Waals surface area contributed by atoms with E-state index in [1.165, 1.54) is 31.9 Å². The van der Waals surface area contributed by atoms with Gasteiger partial charge < -0.3 is 25.5 Å². The summed E-state index contributed by atoms with van der Waals surface area (Å²) in [6.45, 7) is 2.15. The maximum Gasteiger partial charge on any atom is 0.338 e. The van der Waals surface area contributed by atoms with Crippen LogP contribution in [-0.4, -0.2) is 61.9 Å². The number of aliphatic carboxylic acids is 2. The Labute approximate surface area is 146 Å². The molecule has 0 radical (unpaired) electrons. The van der Waals surface area contributed by atoms with Crippen LogP contribution in [0.1, 0.15) is 51.9 Å². The van der Waals surface area contributed by atoms with E-state index in [2.05, 4.69) is 12.4 Å². The second-order valence-corrected chi connectivity index (χ2v) is 5.72. The summed E-state index contributed by atoms with van der Waals surface area (Å²) in [5.41, 5.74) is 2.22. The lowest BCUT2D eigenvalue weighted by molar-refractivity contribution is -0.184. The van der Waals surface area contributed by atoms with Crippen LogP contribution in [0.25, 0.3) is 0 Å². The molecule has 0 fully saturated rings. The number of aliphatic hydroxyl groups is 3. The maximum atomic E-state index is 11.0. The molecule has 0 aliphatic heterocycles. The van der Waals surface area contributed by atoms with Crippen LogP contribution in [-0.2, 0) is 14.4 Å². The third-order valence-electron chi connectivity index (χ3n) is 3.59. The van der Waals surface area contributed by atoms with Gasteiger partial charge in [0, 0.05) is 6.20 Å². The van der Waals surface area contributed by atoms with E-state index in [0.717, 1.165) is 19.3 Å². The molecule has 0 heterocycles. The van der Waals surface area contributed by atoms with E-state index in [4.69, 9.17) is 20.2 Å². The fraction of sp³-hybridized carbons (Fsp3) is 0.750. The summed E-state index contributed by atoms with van der Waals surface area (Å²) in [6, 6.07) is 0. The lowest BCUT2D eigenvalue weighted by Crippen LogP contribution is -2.52. The number of rotatable bonds is 15. The van der Waals surface area contributed by atoms with E-state index < -0.39 is 36.4 Å². The number of hydrogen-bond acceptors (Lipinski definition) is 7. The fourth-order valence-corrected chi connectivity index (χ4v) is 2.06. The lowest BCUT2D eigenvalue weighted by atomic mass is 10.0. The van der Waals surface area contributed by atoms with Gasteiger partial charge in [-0.3, -0.25) is 10.3 Å². The zero-order valence-corrected chi connectivity index (χ0v) is 14.4. The molecule has 4 atom stereocenters. The lowest BCUT2D eigenvalue weighted by Gasteiger charge is -2.24. The van der Waals surface area contributed by atoms with Crippen LogP contribution >= 0.6 is 0 Å². The molecule has 6 N–H and O–H groups in total. The van der Waals surface area contributed by atoms with Gasteiger partial charge in [0.2, 0.25) is 6.10 Å². The van der Waals surface area contributed by atoms with Crippen molar-refractivity contribution < 1.29 is 40.0 Å². The van der Waals surface area contributed by atoms with Gasteiger partial charge in [0.1, 0.15) is 12.2 Å². The maximum absolute atomic E-state index is 11.0. The van der Waals surface area contributed by atoms with E-state index in [9.17, 15) is 19.8 Å². The quantitative estimate of drug-likeness (QED) is 0.179. The van der Waals surface area contributed by atoms with Gasteiger partial charge in [-0.2, -0.15) is 0 Å². The summed E-state index contributed by atoms with van der Waals surface area (Å²) >= 11 is 0. The van der Waals surface area contributed by atoms with Gasteiger partial charge in [-0.25, -0.2) is 9.59 Å². The second kappa shape index (κ2) is 13.6. The van der Waals surface area contributed by atoms with Crippen LogP contribution in [0, 0.1) is 0 Å². The molecule has 0 rings (SSSR count). The summed E-state index contributed by atoms with van der Waals surface area (Å²) in [5, 5.41) is 45.8. The Morgan fingerprint density at radius 1 is 0.960 bits per heavy atom.